The highest BCUT2D eigenvalue weighted by molar-refractivity contribution is 5.85. The molecule has 2 aromatic heterocycles. The van der Waals surface area contributed by atoms with Crippen LogP contribution in [0.1, 0.15) is 30.4 Å². The number of halogens is 3. The Kier molecular flexibility index (Phi) is 6.02. The van der Waals surface area contributed by atoms with Crippen LogP contribution < -0.4 is 15.4 Å². The predicted octanol–water partition coefficient (Wildman–Crippen LogP) is 1.59. The van der Waals surface area contributed by atoms with Crippen molar-refractivity contribution in [1.82, 2.24) is 25.1 Å². The van der Waals surface area contributed by atoms with E-state index < -0.39 is 23.3 Å². The Bertz CT molecular complexity index is 1020. The standard InChI is InChI=1S/C20H24F3N7O2/c1-13-11-24-19(25-12-13)29-8-6-28(7-9-29)18(32)15-4-2-3-5-30(15)16-10-14(20(21,22)23)17(31)27-26-16/h10-12,15H,2-9H2,1H3,(H,27,31)/t15-/m0/s1. The van der Waals surface area contributed by atoms with Crippen LogP contribution in [-0.2, 0) is 11.0 Å². The van der Waals surface area contributed by atoms with Gasteiger partial charge >= 0.3 is 6.18 Å². The third-order valence-corrected chi connectivity index (χ3v) is 5.82. The average molecular weight is 451 g/mol. The van der Waals surface area contributed by atoms with Gasteiger partial charge in [0.15, 0.2) is 0 Å². The van der Waals surface area contributed by atoms with Crippen LogP contribution in [0.5, 0.6) is 0 Å². The number of anilines is 2. The molecule has 0 unspecified atom stereocenters. The molecule has 0 aliphatic carbocycles. The lowest BCUT2D eigenvalue weighted by atomic mass is 10.00. The molecule has 0 bridgehead atoms. The zero-order valence-electron chi connectivity index (χ0n) is 17.6. The van der Waals surface area contributed by atoms with Gasteiger partial charge in [0.25, 0.3) is 5.56 Å². The van der Waals surface area contributed by atoms with Gasteiger partial charge in [-0.25, -0.2) is 15.1 Å². The highest BCUT2D eigenvalue weighted by Gasteiger charge is 2.38. The molecule has 2 aliphatic rings. The molecular weight excluding hydrogens is 427 g/mol. The second-order valence-electron chi connectivity index (χ2n) is 8.04. The Morgan fingerprint density at radius 1 is 1.09 bits per heavy atom. The Morgan fingerprint density at radius 3 is 2.44 bits per heavy atom. The van der Waals surface area contributed by atoms with Crippen LogP contribution in [0, 0.1) is 6.92 Å². The molecule has 1 N–H and O–H groups in total. The van der Waals surface area contributed by atoms with Crippen LogP contribution in [0.2, 0.25) is 0 Å². The molecule has 2 fully saturated rings. The van der Waals surface area contributed by atoms with E-state index in [2.05, 4.69) is 15.1 Å². The minimum atomic E-state index is -4.80. The van der Waals surface area contributed by atoms with E-state index in [0.29, 0.717) is 45.1 Å². The minimum absolute atomic E-state index is 0.0401. The van der Waals surface area contributed by atoms with Crippen molar-refractivity contribution in [3.05, 3.63) is 39.9 Å². The molecule has 32 heavy (non-hydrogen) atoms. The van der Waals surface area contributed by atoms with E-state index >= 15 is 0 Å². The first-order valence-electron chi connectivity index (χ1n) is 10.5. The van der Waals surface area contributed by atoms with Crippen molar-refractivity contribution < 1.29 is 18.0 Å². The van der Waals surface area contributed by atoms with E-state index in [1.807, 2.05) is 16.9 Å². The predicted molar refractivity (Wildman–Crippen MR) is 110 cm³/mol. The Hall–Kier alpha value is -3.18. The first-order valence-corrected chi connectivity index (χ1v) is 10.5. The van der Waals surface area contributed by atoms with Crippen LogP contribution in [0.15, 0.2) is 23.3 Å². The van der Waals surface area contributed by atoms with Gasteiger partial charge in [0.2, 0.25) is 11.9 Å². The molecule has 1 atom stereocenters. The van der Waals surface area contributed by atoms with E-state index in [9.17, 15) is 22.8 Å². The quantitative estimate of drug-likeness (QED) is 0.757. The van der Waals surface area contributed by atoms with E-state index in [1.165, 1.54) is 0 Å². The summed E-state index contributed by atoms with van der Waals surface area (Å²) in [6, 6.07) is 0.113. The van der Waals surface area contributed by atoms with Crippen molar-refractivity contribution in [2.24, 2.45) is 0 Å². The molecule has 12 heteroatoms. The maximum atomic E-state index is 13.3. The van der Waals surface area contributed by atoms with E-state index in [0.717, 1.165) is 24.5 Å². The fraction of sp³-hybridized carbons (Fsp3) is 0.550. The molecule has 4 heterocycles. The molecule has 2 aromatic rings. The van der Waals surface area contributed by atoms with Gasteiger partial charge in [-0.3, -0.25) is 9.59 Å². The van der Waals surface area contributed by atoms with Crippen LogP contribution in [0.4, 0.5) is 24.9 Å². The van der Waals surface area contributed by atoms with E-state index in [1.54, 1.807) is 22.2 Å². The number of H-pyrrole nitrogens is 1. The van der Waals surface area contributed by atoms with Crippen molar-refractivity contribution in [1.29, 1.82) is 0 Å². The Labute approximate surface area is 182 Å². The molecule has 4 rings (SSSR count). The number of alkyl halides is 3. The summed E-state index contributed by atoms with van der Waals surface area (Å²) in [6.45, 7) is 4.36. The number of aromatic amines is 1. The normalized spacial score (nSPS) is 19.9. The summed E-state index contributed by atoms with van der Waals surface area (Å²) in [4.78, 5) is 38.8. The maximum Gasteiger partial charge on any atom is 0.421 e. The molecule has 0 saturated carbocycles. The van der Waals surface area contributed by atoms with Crippen LogP contribution in [-0.4, -0.2) is 69.7 Å². The fourth-order valence-corrected chi connectivity index (χ4v) is 4.10. The van der Waals surface area contributed by atoms with Crippen LogP contribution in [0.3, 0.4) is 0 Å². The molecule has 2 aliphatic heterocycles. The van der Waals surface area contributed by atoms with Gasteiger partial charge in [-0.05, 0) is 31.7 Å². The average Bonchev–Trinajstić information content (AvgIpc) is 2.79. The van der Waals surface area contributed by atoms with Gasteiger partial charge in [0.05, 0.1) is 0 Å². The van der Waals surface area contributed by atoms with Gasteiger partial charge < -0.3 is 14.7 Å². The molecule has 0 radical (unpaired) electrons. The van der Waals surface area contributed by atoms with E-state index in [-0.39, 0.29) is 11.7 Å². The van der Waals surface area contributed by atoms with Gasteiger partial charge in [0, 0.05) is 51.2 Å². The summed E-state index contributed by atoms with van der Waals surface area (Å²) in [5.74, 6) is 0.427. The lowest BCUT2D eigenvalue weighted by Crippen LogP contribution is -2.56. The zero-order chi connectivity index (χ0) is 22.9. The highest BCUT2D eigenvalue weighted by Crippen LogP contribution is 2.30. The van der Waals surface area contributed by atoms with Crippen molar-refractivity contribution in [3.8, 4) is 0 Å². The third kappa shape index (κ3) is 4.53. The number of aryl methyl sites for hydroxylation is 1. The SMILES string of the molecule is Cc1cnc(N2CCN(C(=O)[C@@H]3CCCCN3c3cc(C(F)(F)F)c(=O)[nH]n3)CC2)nc1. The maximum absolute atomic E-state index is 13.3. The summed E-state index contributed by atoms with van der Waals surface area (Å²) >= 11 is 0. The molecule has 1 amide bonds. The largest absolute Gasteiger partial charge is 0.421 e. The van der Waals surface area contributed by atoms with Gasteiger partial charge in [-0.15, -0.1) is 0 Å². The van der Waals surface area contributed by atoms with Crippen molar-refractivity contribution in [3.63, 3.8) is 0 Å². The van der Waals surface area contributed by atoms with Crippen LogP contribution in [0.25, 0.3) is 0 Å². The number of aromatic nitrogens is 4. The minimum Gasteiger partial charge on any atom is -0.343 e. The molecule has 172 valence electrons. The van der Waals surface area contributed by atoms with Crippen molar-refractivity contribution >= 4 is 17.7 Å². The molecular formula is C20H24F3N7O2. The Morgan fingerprint density at radius 2 is 1.78 bits per heavy atom. The number of amides is 1. The van der Waals surface area contributed by atoms with Gasteiger partial charge in [-0.1, -0.05) is 0 Å². The fourth-order valence-electron chi connectivity index (χ4n) is 4.10. The number of rotatable bonds is 3. The first-order chi connectivity index (χ1) is 15.2. The van der Waals surface area contributed by atoms with Crippen molar-refractivity contribution in [2.45, 2.75) is 38.4 Å². The molecule has 0 spiro atoms. The van der Waals surface area contributed by atoms with Gasteiger partial charge in [0.1, 0.15) is 17.4 Å². The summed E-state index contributed by atoms with van der Waals surface area (Å²) < 4.78 is 39.6. The summed E-state index contributed by atoms with van der Waals surface area (Å²) in [6.07, 6.45) is 0.722. The van der Waals surface area contributed by atoms with Gasteiger partial charge in [-0.2, -0.15) is 18.3 Å². The number of hydrogen-bond donors (Lipinski definition) is 1. The summed E-state index contributed by atoms with van der Waals surface area (Å²) in [7, 11) is 0. The molecule has 9 nitrogen and oxygen atoms in total. The lowest BCUT2D eigenvalue weighted by molar-refractivity contribution is -0.138. The number of nitrogens with zero attached hydrogens (tertiary/aromatic N) is 6. The smallest absolute Gasteiger partial charge is 0.343 e. The molecule has 0 aromatic carbocycles. The summed E-state index contributed by atoms with van der Waals surface area (Å²) in [5, 5.41) is 5.73. The second-order valence-corrected chi connectivity index (χ2v) is 8.04. The van der Waals surface area contributed by atoms with Crippen molar-refractivity contribution in [2.75, 3.05) is 42.5 Å². The molecule has 2 saturated heterocycles. The lowest BCUT2D eigenvalue weighted by Gasteiger charge is -2.41. The number of carbonyl (C=O) groups is 1. The number of hydrogen-bond acceptors (Lipinski definition) is 7. The monoisotopic (exact) mass is 451 g/mol. The zero-order valence-corrected chi connectivity index (χ0v) is 17.6. The number of carbonyl (C=O) groups excluding carboxylic acids is 1. The highest BCUT2D eigenvalue weighted by atomic mass is 19.4. The third-order valence-electron chi connectivity index (χ3n) is 5.82. The van der Waals surface area contributed by atoms with E-state index in [4.69, 9.17) is 0 Å². The number of nitrogens with one attached hydrogen (secondary N) is 1. The number of piperazine rings is 1. The second kappa shape index (κ2) is 8.75. The number of piperidine rings is 1. The first kappa shape index (κ1) is 22.0. The topological polar surface area (TPSA) is 98.3 Å². The van der Waals surface area contributed by atoms with Crippen LogP contribution >= 0.6 is 0 Å². The Balaban J connectivity index is 1.48. The summed E-state index contributed by atoms with van der Waals surface area (Å²) in [5.41, 5.74) is -1.65.